The molecule has 0 saturated heterocycles. The Kier molecular flexibility index (Phi) is 6.76. The van der Waals surface area contributed by atoms with E-state index in [-0.39, 0.29) is 11.9 Å². The minimum atomic E-state index is -0.120. The van der Waals surface area contributed by atoms with E-state index in [1.165, 1.54) is 11.1 Å². The molecule has 0 unspecified atom stereocenters. The van der Waals surface area contributed by atoms with Gasteiger partial charge >= 0.3 is 5.97 Å². The molecule has 1 atom stereocenters. The first-order valence-corrected chi connectivity index (χ1v) is 11.5. The lowest BCUT2D eigenvalue weighted by atomic mass is 9.98. The van der Waals surface area contributed by atoms with E-state index in [0.29, 0.717) is 31.9 Å². The maximum absolute atomic E-state index is 11.8. The van der Waals surface area contributed by atoms with E-state index in [1.54, 1.807) is 0 Å². The number of ether oxygens (including phenoxy) is 2. The lowest BCUT2D eigenvalue weighted by Crippen LogP contribution is -2.08. The van der Waals surface area contributed by atoms with Crippen molar-refractivity contribution >= 4 is 21.9 Å². The summed E-state index contributed by atoms with van der Waals surface area (Å²) < 4.78 is 17.9. The van der Waals surface area contributed by atoms with E-state index in [4.69, 9.17) is 13.9 Å². The van der Waals surface area contributed by atoms with Gasteiger partial charge in [0.2, 0.25) is 5.89 Å². The van der Waals surface area contributed by atoms with Crippen molar-refractivity contribution in [1.29, 1.82) is 0 Å². The molecule has 0 spiro atoms. The van der Waals surface area contributed by atoms with E-state index in [0.717, 1.165) is 40.1 Å². The summed E-state index contributed by atoms with van der Waals surface area (Å²) in [5, 5.41) is 0. The minimum Gasteiger partial charge on any atom is -0.493 e. The number of carbonyl (C=O) groups excluding carboxylic acids is 1. The molecule has 0 aliphatic heterocycles. The molecule has 0 fully saturated rings. The molecule has 5 nitrogen and oxygen atoms in total. The number of esters is 1. The first-order valence-electron chi connectivity index (χ1n) is 10.7. The van der Waals surface area contributed by atoms with Crippen molar-refractivity contribution in [2.24, 2.45) is 0 Å². The number of halogens is 1. The van der Waals surface area contributed by atoms with Gasteiger partial charge in [0.1, 0.15) is 11.5 Å². The number of aryl methyl sites for hydroxylation is 2. The zero-order valence-electron chi connectivity index (χ0n) is 17.8. The van der Waals surface area contributed by atoms with Crippen molar-refractivity contribution in [1.82, 2.24) is 4.98 Å². The molecule has 1 aliphatic rings. The summed E-state index contributed by atoms with van der Waals surface area (Å²) >= 11 is 3.48. The maximum atomic E-state index is 11.8. The van der Waals surface area contributed by atoms with Crippen molar-refractivity contribution in [3.05, 3.63) is 69.5 Å². The number of nitrogens with zero attached hydrogens (tertiary/aromatic N) is 1. The van der Waals surface area contributed by atoms with Gasteiger partial charge in [-0.3, -0.25) is 4.79 Å². The normalized spacial score (nSPS) is 15.0. The van der Waals surface area contributed by atoms with Gasteiger partial charge < -0.3 is 13.9 Å². The smallest absolute Gasteiger partial charge is 0.306 e. The van der Waals surface area contributed by atoms with Crippen LogP contribution in [0.2, 0.25) is 0 Å². The third kappa shape index (κ3) is 5.18. The highest BCUT2D eigenvalue weighted by Gasteiger charge is 2.25. The highest BCUT2D eigenvalue weighted by atomic mass is 79.9. The van der Waals surface area contributed by atoms with E-state index >= 15 is 0 Å². The van der Waals surface area contributed by atoms with Crippen LogP contribution < -0.4 is 4.74 Å². The molecule has 0 radical (unpaired) electrons. The fourth-order valence-corrected chi connectivity index (χ4v) is 4.47. The zero-order chi connectivity index (χ0) is 21.8. The maximum Gasteiger partial charge on any atom is 0.306 e. The number of benzene rings is 2. The predicted molar refractivity (Wildman–Crippen MR) is 122 cm³/mol. The first kappa shape index (κ1) is 21.6. The van der Waals surface area contributed by atoms with Gasteiger partial charge in [-0.05, 0) is 74.1 Å². The molecule has 0 saturated carbocycles. The lowest BCUT2D eigenvalue weighted by Gasteiger charge is -2.12. The van der Waals surface area contributed by atoms with Gasteiger partial charge in [-0.25, -0.2) is 4.98 Å². The average Bonchev–Trinajstić information content (AvgIpc) is 3.31. The Bertz CT molecular complexity index is 1080. The summed E-state index contributed by atoms with van der Waals surface area (Å²) in [6.45, 7) is 4.73. The van der Waals surface area contributed by atoms with Crippen LogP contribution in [0.3, 0.4) is 0 Å². The topological polar surface area (TPSA) is 61.6 Å². The number of aromatic nitrogens is 1. The molecule has 4 rings (SSSR count). The summed E-state index contributed by atoms with van der Waals surface area (Å²) in [5.74, 6) is 2.42. The summed E-state index contributed by atoms with van der Waals surface area (Å²) in [6.07, 6.45) is 3.07. The zero-order valence-corrected chi connectivity index (χ0v) is 19.4. The second-order valence-corrected chi connectivity index (χ2v) is 8.65. The predicted octanol–water partition coefficient (Wildman–Crippen LogP) is 6.02. The van der Waals surface area contributed by atoms with E-state index < -0.39 is 0 Å². The molecule has 1 heterocycles. The Hall–Kier alpha value is -2.60. The van der Waals surface area contributed by atoms with Gasteiger partial charge in [0.25, 0.3) is 0 Å². The van der Waals surface area contributed by atoms with E-state index in [2.05, 4.69) is 33.0 Å². The molecule has 2 aromatic carbocycles. The summed E-state index contributed by atoms with van der Waals surface area (Å²) in [6, 6.07) is 14.1. The molecular formula is C25H26BrNO4. The average molecular weight is 484 g/mol. The monoisotopic (exact) mass is 483 g/mol. The van der Waals surface area contributed by atoms with E-state index in [1.807, 2.05) is 44.2 Å². The van der Waals surface area contributed by atoms with Crippen LogP contribution in [0.5, 0.6) is 5.75 Å². The van der Waals surface area contributed by atoms with Crippen molar-refractivity contribution in [2.45, 2.75) is 45.4 Å². The third-order valence-electron chi connectivity index (χ3n) is 5.61. The molecular weight excluding hydrogens is 458 g/mol. The van der Waals surface area contributed by atoms with Crippen LogP contribution in [-0.2, 0) is 22.4 Å². The molecule has 0 bridgehead atoms. The number of oxazole rings is 1. The van der Waals surface area contributed by atoms with Crippen molar-refractivity contribution in [2.75, 3.05) is 13.2 Å². The molecule has 31 heavy (non-hydrogen) atoms. The molecule has 6 heteroatoms. The molecule has 1 aliphatic carbocycles. The minimum absolute atomic E-state index is 0.120. The Morgan fingerprint density at radius 3 is 2.94 bits per heavy atom. The standard InChI is InChI=1S/C25H26BrNO4/c1-3-29-24(28)15-18-8-7-17-14-21(9-10-22(17)18)30-12-11-23-16(2)31-25(27-23)19-5-4-6-20(26)13-19/h4-6,9-10,13-14,18H,3,7-8,11-12,15H2,1-2H3/t18-/m0/s1. The highest BCUT2D eigenvalue weighted by molar-refractivity contribution is 9.10. The second-order valence-electron chi connectivity index (χ2n) is 7.74. The van der Waals surface area contributed by atoms with Crippen molar-refractivity contribution in [3.63, 3.8) is 0 Å². The summed E-state index contributed by atoms with van der Waals surface area (Å²) in [5.41, 5.74) is 4.36. The molecule has 0 N–H and O–H groups in total. The van der Waals surface area contributed by atoms with Crippen LogP contribution in [-0.4, -0.2) is 24.2 Å². The molecule has 162 valence electrons. The quantitative estimate of drug-likeness (QED) is 0.366. The van der Waals surface area contributed by atoms with Gasteiger partial charge in [0, 0.05) is 16.5 Å². The highest BCUT2D eigenvalue weighted by Crippen LogP contribution is 2.37. The molecule has 3 aromatic rings. The Morgan fingerprint density at radius 1 is 1.26 bits per heavy atom. The van der Waals surface area contributed by atoms with Gasteiger partial charge in [0.05, 0.1) is 25.3 Å². The van der Waals surface area contributed by atoms with Crippen molar-refractivity contribution < 1.29 is 18.7 Å². The van der Waals surface area contributed by atoms with Crippen LogP contribution in [0.25, 0.3) is 11.5 Å². The summed E-state index contributed by atoms with van der Waals surface area (Å²) in [7, 11) is 0. The van der Waals surface area contributed by atoms with Crippen LogP contribution >= 0.6 is 15.9 Å². The Morgan fingerprint density at radius 2 is 2.13 bits per heavy atom. The van der Waals surface area contributed by atoms with Gasteiger partial charge in [-0.15, -0.1) is 0 Å². The lowest BCUT2D eigenvalue weighted by molar-refractivity contribution is -0.143. The van der Waals surface area contributed by atoms with Crippen LogP contribution in [0.4, 0.5) is 0 Å². The van der Waals surface area contributed by atoms with Crippen LogP contribution in [0.1, 0.15) is 48.3 Å². The number of hydrogen-bond donors (Lipinski definition) is 0. The fourth-order valence-electron chi connectivity index (χ4n) is 4.08. The van der Waals surface area contributed by atoms with Crippen LogP contribution in [0, 0.1) is 6.92 Å². The second kappa shape index (κ2) is 9.69. The molecule has 1 aromatic heterocycles. The van der Waals surface area contributed by atoms with Crippen LogP contribution in [0.15, 0.2) is 51.4 Å². The SMILES string of the molecule is CCOC(=O)C[C@@H]1CCc2cc(OCCc3nc(-c4cccc(Br)c4)oc3C)ccc21. The number of hydrogen-bond acceptors (Lipinski definition) is 5. The fraction of sp³-hybridized carbons (Fsp3) is 0.360. The number of carbonyl (C=O) groups is 1. The largest absolute Gasteiger partial charge is 0.493 e. The van der Waals surface area contributed by atoms with Gasteiger partial charge in [-0.2, -0.15) is 0 Å². The van der Waals surface area contributed by atoms with Gasteiger partial charge in [0.15, 0.2) is 0 Å². The number of fused-ring (bicyclic) bond motifs is 1. The van der Waals surface area contributed by atoms with E-state index in [9.17, 15) is 4.79 Å². The third-order valence-corrected chi connectivity index (χ3v) is 6.10. The van der Waals surface area contributed by atoms with Crippen molar-refractivity contribution in [3.8, 4) is 17.2 Å². The Balaban J connectivity index is 1.35. The molecule has 0 amide bonds. The number of rotatable bonds is 8. The first-order chi connectivity index (χ1) is 15.0. The van der Waals surface area contributed by atoms with Gasteiger partial charge in [-0.1, -0.05) is 28.1 Å². The summed E-state index contributed by atoms with van der Waals surface area (Å²) in [4.78, 5) is 16.5. The Labute approximate surface area is 190 Å².